The van der Waals surface area contributed by atoms with Gasteiger partial charge in [-0.05, 0) is 42.5 Å². The number of ketones is 1. The number of H-pyrrole nitrogens is 1. The Balaban J connectivity index is 1.39. The molecule has 0 atom stereocenters. The third-order valence-corrected chi connectivity index (χ3v) is 5.92. The van der Waals surface area contributed by atoms with E-state index in [0.29, 0.717) is 28.3 Å². The van der Waals surface area contributed by atoms with E-state index < -0.39 is 0 Å². The maximum Gasteiger partial charge on any atom is 0.195 e. The Morgan fingerprint density at radius 3 is 2.38 bits per heavy atom. The lowest BCUT2D eigenvalue weighted by molar-refractivity contribution is 0.103. The molecule has 174 valence electrons. The Bertz CT molecular complexity index is 1290. The van der Waals surface area contributed by atoms with Crippen LogP contribution in [0, 0.1) is 0 Å². The molecule has 2 aromatic heterocycles. The van der Waals surface area contributed by atoms with E-state index in [1.165, 1.54) is 5.69 Å². The number of ether oxygens (including phenoxy) is 3. The predicted octanol–water partition coefficient (Wildman–Crippen LogP) is 4.39. The van der Waals surface area contributed by atoms with Gasteiger partial charge in [-0.3, -0.25) is 4.79 Å². The normalized spacial score (nSPS) is 13.6. The molecule has 8 nitrogen and oxygen atoms in total. The van der Waals surface area contributed by atoms with Crippen LogP contribution in [0.3, 0.4) is 0 Å². The van der Waals surface area contributed by atoms with Gasteiger partial charge >= 0.3 is 0 Å². The maximum atomic E-state index is 13.3. The number of hydrogen-bond acceptors (Lipinski definition) is 7. The summed E-state index contributed by atoms with van der Waals surface area (Å²) in [6.07, 6.45) is 3.43. The Labute approximate surface area is 197 Å². The topological polar surface area (TPSA) is 88.7 Å². The number of carbonyl (C=O) groups excluding carboxylic acids is 1. The first-order chi connectivity index (χ1) is 16.6. The second-order valence-corrected chi connectivity index (χ2v) is 8.02. The van der Waals surface area contributed by atoms with Crippen LogP contribution >= 0.6 is 0 Å². The summed E-state index contributed by atoms with van der Waals surface area (Å²) in [6, 6.07) is 15.4. The fourth-order valence-corrected chi connectivity index (χ4v) is 4.10. The van der Waals surface area contributed by atoms with Crippen molar-refractivity contribution in [2.45, 2.75) is 0 Å². The van der Waals surface area contributed by atoms with Crippen LogP contribution in [-0.2, 0) is 4.74 Å². The number of fused-ring (bicyclic) bond motifs is 1. The molecule has 8 heteroatoms. The van der Waals surface area contributed by atoms with Crippen molar-refractivity contribution < 1.29 is 19.0 Å². The van der Waals surface area contributed by atoms with Crippen LogP contribution in [0.15, 0.2) is 60.9 Å². The molecule has 0 radical (unpaired) electrons. The van der Waals surface area contributed by atoms with Gasteiger partial charge in [0, 0.05) is 53.2 Å². The van der Waals surface area contributed by atoms with Crippen molar-refractivity contribution >= 4 is 33.9 Å². The number of aromatic nitrogens is 2. The second kappa shape index (κ2) is 9.44. The number of aromatic amines is 1. The standard InChI is InChI=1S/C26H26N4O4/c1-32-21-11-17(12-22(14-21)33-2)25(31)24-16-28-26-23(24)13-19(15-27-26)29-18-3-5-20(6-4-18)30-7-9-34-10-8-30/h3-6,11-16,29H,7-10H2,1-2H3,(H,27,28). The molecule has 34 heavy (non-hydrogen) atoms. The largest absolute Gasteiger partial charge is 0.497 e. The third-order valence-electron chi connectivity index (χ3n) is 5.92. The Morgan fingerprint density at radius 2 is 1.71 bits per heavy atom. The quantitative estimate of drug-likeness (QED) is 0.397. The minimum atomic E-state index is -0.141. The van der Waals surface area contributed by atoms with Crippen LogP contribution in [-0.4, -0.2) is 56.3 Å². The molecule has 0 bridgehead atoms. The highest BCUT2D eigenvalue weighted by atomic mass is 16.5. The molecule has 0 unspecified atom stereocenters. The smallest absolute Gasteiger partial charge is 0.195 e. The zero-order valence-corrected chi connectivity index (χ0v) is 19.1. The number of nitrogens with one attached hydrogen (secondary N) is 2. The van der Waals surface area contributed by atoms with Gasteiger partial charge in [0.05, 0.1) is 39.3 Å². The van der Waals surface area contributed by atoms with E-state index in [0.717, 1.165) is 43.1 Å². The number of carbonyl (C=O) groups is 1. The van der Waals surface area contributed by atoms with E-state index in [-0.39, 0.29) is 5.78 Å². The summed E-state index contributed by atoms with van der Waals surface area (Å²) in [5.41, 5.74) is 4.57. The number of pyridine rings is 1. The molecule has 0 spiro atoms. The van der Waals surface area contributed by atoms with Crippen molar-refractivity contribution in [2.75, 3.05) is 50.7 Å². The molecular weight excluding hydrogens is 432 g/mol. The van der Waals surface area contributed by atoms with E-state index in [4.69, 9.17) is 14.2 Å². The van der Waals surface area contributed by atoms with E-state index in [1.807, 2.05) is 18.2 Å². The van der Waals surface area contributed by atoms with Crippen LogP contribution < -0.4 is 19.7 Å². The van der Waals surface area contributed by atoms with Gasteiger partial charge in [-0.2, -0.15) is 0 Å². The lowest BCUT2D eigenvalue weighted by atomic mass is 10.0. The zero-order chi connectivity index (χ0) is 23.5. The zero-order valence-electron chi connectivity index (χ0n) is 19.1. The molecule has 0 saturated carbocycles. The Kier molecular flexibility index (Phi) is 6.05. The molecule has 5 rings (SSSR count). The summed E-state index contributed by atoms with van der Waals surface area (Å²) in [5.74, 6) is 0.976. The number of rotatable bonds is 7. The molecule has 1 fully saturated rings. The molecule has 1 saturated heterocycles. The van der Waals surface area contributed by atoms with Gasteiger partial charge in [0.2, 0.25) is 0 Å². The molecular formula is C26H26N4O4. The molecule has 0 aliphatic carbocycles. The molecule has 0 amide bonds. The van der Waals surface area contributed by atoms with Crippen LogP contribution in [0.25, 0.3) is 11.0 Å². The van der Waals surface area contributed by atoms with Gasteiger partial charge in [0.1, 0.15) is 17.1 Å². The van der Waals surface area contributed by atoms with Crippen LogP contribution in [0.5, 0.6) is 11.5 Å². The van der Waals surface area contributed by atoms with Crippen LogP contribution in [0.4, 0.5) is 17.1 Å². The summed E-state index contributed by atoms with van der Waals surface area (Å²) in [4.78, 5) is 23.2. The van der Waals surface area contributed by atoms with Gasteiger partial charge in [0.15, 0.2) is 5.78 Å². The van der Waals surface area contributed by atoms with E-state index in [1.54, 1.807) is 44.8 Å². The molecule has 1 aliphatic heterocycles. The minimum Gasteiger partial charge on any atom is -0.497 e. The van der Waals surface area contributed by atoms with E-state index >= 15 is 0 Å². The highest BCUT2D eigenvalue weighted by molar-refractivity contribution is 6.16. The number of methoxy groups -OCH3 is 2. The highest BCUT2D eigenvalue weighted by Gasteiger charge is 2.18. The highest BCUT2D eigenvalue weighted by Crippen LogP contribution is 2.29. The number of nitrogens with zero attached hydrogens (tertiary/aromatic N) is 2. The monoisotopic (exact) mass is 458 g/mol. The number of anilines is 3. The van der Waals surface area contributed by atoms with Crippen molar-refractivity contribution in [1.82, 2.24) is 9.97 Å². The fourth-order valence-electron chi connectivity index (χ4n) is 4.10. The second-order valence-electron chi connectivity index (χ2n) is 8.02. The van der Waals surface area contributed by atoms with Gasteiger partial charge in [-0.1, -0.05) is 0 Å². The SMILES string of the molecule is COc1cc(OC)cc(C(=O)c2c[nH]c3ncc(Nc4ccc(N5CCOCC5)cc4)cc23)c1. The maximum absolute atomic E-state index is 13.3. The number of benzene rings is 2. The van der Waals surface area contributed by atoms with Gasteiger partial charge < -0.3 is 29.4 Å². The van der Waals surface area contributed by atoms with Crippen molar-refractivity contribution in [1.29, 1.82) is 0 Å². The first-order valence-electron chi connectivity index (χ1n) is 11.1. The number of morpholine rings is 1. The summed E-state index contributed by atoms with van der Waals surface area (Å²) in [5, 5.41) is 4.13. The van der Waals surface area contributed by atoms with E-state index in [2.05, 4.69) is 32.3 Å². The Morgan fingerprint density at radius 1 is 1.00 bits per heavy atom. The number of hydrogen-bond donors (Lipinski definition) is 2. The lowest BCUT2D eigenvalue weighted by Crippen LogP contribution is -2.36. The predicted molar refractivity (Wildman–Crippen MR) is 132 cm³/mol. The summed E-state index contributed by atoms with van der Waals surface area (Å²) in [6.45, 7) is 3.31. The van der Waals surface area contributed by atoms with Gasteiger partial charge in [0.25, 0.3) is 0 Å². The fraction of sp³-hybridized carbons (Fsp3) is 0.231. The first kappa shape index (κ1) is 21.8. The molecule has 1 aliphatic rings. The average molecular weight is 459 g/mol. The van der Waals surface area contributed by atoms with Crippen molar-refractivity contribution in [3.8, 4) is 11.5 Å². The minimum absolute atomic E-state index is 0.141. The average Bonchev–Trinajstić information content (AvgIpc) is 3.32. The molecule has 2 N–H and O–H groups in total. The molecule has 2 aromatic carbocycles. The van der Waals surface area contributed by atoms with Gasteiger partial charge in [-0.15, -0.1) is 0 Å². The summed E-state index contributed by atoms with van der Waals surface area (Å²) < 4.78 is 16.1. The lowest BCUT2D eigenvalue weighted by Gasteiger charge is -2.28. The van der Waals surface area contributed by atoms with Gasteiger partial charge in [-0.25, -0.2) is 4.98 Å². The third kappa shape index (κ3) is 4.40. The van der Waals surface area contributed by atoms with Crippen molar-refractivity contribution in [3.63, 3.8) is 0 Å². The molecule has 4 aromatic rings. The van der Waals surface area contributed by atoms with Crippen molar-refractivity contribution in [2.24, 2.45) is 0 Å². The van der Waals surface area contributed by atoms with Crippen LogP contribution in [0.1, 0.15) is 15.9 Å². The van der Waals surface area contributed by atoms with E-state index in [9.17, 15) is 4.79 Å². The Hall–Kier alpha value is -4.04. The van der Waals surface area contributed by atoms with Crippen molar-refractivity contribution in [3.05, 3.63) is 72.1 Å². The summed E-state index contributed by atoms with van der Waals surface area (Å²) >= 11 is 0. The summed E-state index contributed by atoms with van der Waals surface area (Å²) in [7, 11) is 3.12. The molecule has 3 heterocycles. The first-order valence-corrected chi connectivity index (χ1v) is 11.1. The van der Waals surface area contributed by atoms with Crippen LogP contribution in [0.2, 0.25) is 0 Å².